The minimum atomic E-state index is -0.494. The molecule has 2 aromatic rings. The highest BCUT2D eigenvalue weighted by Gasteiger charge is 2.20. The second-order valence-corrected chi connectivity index (χ2v) is 5.71. The second-order valence-electron chi connectivity index (χ2n) is 5.71. The van der Waals surface area contributed by atoms with E-state index in [0.717, 1.165) is 5.57 Å². The van der Waals surface area contributed by atoms with Crippen LogP contribution in [0.1, 0.15) is 43.9 Å². The lowest BCUT2D eigenvalue weighted by molar-refractivity contribution is 0.0949. The number of amides is 1. The van der Waals surface area contributed by atoms with Gasteiger partial charge in [0.15, 0.2) is 5.69 Å². The van der Waals surface area contributed by atoms with Gasteiger partial charge in [0.2, 0.25) is 11.6 Å². The molecule has 2 aromatic heterocycles. The van der Waals surface area contributed by atoms with Gasteiger partial charge in [-0.05, 0) is 56.6 Å². The van der Waals surface area contributed by atoms with E-state index in [-0.39, 0.29) is 17.3 Å². The summed E-state index contributed by atoms with van der Waals surface area (Å²) in [6.45, 7) is 9.41. The Balaban J connectivity index is 2.15. The first-order chi connectivity index (χ1) is 11.8. The predicted molar refractivity (Wildman–Crippen MR) is 92.1 cm³/mol. The number of carbonyl (C=O) groups is 1. The van der Waals surface area contributed by atoms with Gasteiger partial charge in [-0.15, -0.1) is 5.10 Å². The summed E-state index contributed by atoms with van der Waals surface area (Å²) in [5.41, 5.74) is 11.5. The molecule has 25 heavy (non-hydrogen) atoms. The Morgan fingerprint density at radius 1 is 1.24 bits per heavy atom. The summed E-state index contributed by atoms with van der Waals surface area (Å²) >= 11 is 0. The van der Waals surface area contributed by atoms with Crippen molar-refractivity contribution < 1.29 is 9.42 Å². The molecule has 0 bridgehead atoms. The minimum Gasteiger partial charge on any atom is -0.378 e. The number of anilines is 1. The molecule has 0 fully saturated rings. The van der Waals surface area contributed by atoms with Crippen LogP contribution in [0.2, 0.25) is 0 Å². The first kappa shape index (κ1) is 18.0. The zero-order valence-corrected chi connectivity index (χ0v) is 14.7. The average Bonchev–Trinajstić information content (AvgIpc) is 3.09. The van der Waals surface area contributed by atoms with E-state index >= 15 is 0 Å². The largest absolute Gasteiger partial charge is 0.378 e. The number of nitrogens with zero attached hydrogens (tertiary/aromatic N) is 6. The summed E-state index contributed by atoms with van der Waals surface area (Å²) in [6.07, 6.45) is 3.88. The van der Waals surface area contributed by atoms with Crippen molar-refractivity contribution in [1.29, 1.82) is 0 Å². The van der Waals surface area contributed by atoms with Gasteiger partial charge >= 0.3 is 0 Å². The molecule has 0 saturated heterocycles. The third-order valence-corrected chi connectivity index (χ3v) is 3.09. The monoisotopic (exact) mass is 344 g/mol. The van der Waals surface area contributed by atoms with Crippen molar-refractivity contribution in [3.8, 4) is 5.82 Å². The number of aromatic nitrogens is 5. The topological polar surface area (TPSA) is 137 Å². The number of allylic oxidation sites excluding steroid dienone is 4. The number of nitrogens with one attached hydrogen (secondary N) is 1. The van der Waals surface area contributed by atoms with E-state index in [1.165, 1.54) is 10.3 Å². The van der Waals surface area contributed by atoms with Gasteiger partial charge in [-0.2, -0.15) is 9.78 Å². The number of carbonyl (C=O) groups excluding carboxylic acids is 1. The van der Waals surface area contributed by atoms with Gasteiger partial charge in [0, 0.05) is 0 Å². The van der Waals surface area contributed by atoms with Gasteiger partial charge in [-0.3, -0.25) is 4.79 Å². The number of hydrazone groups is 1. The molecule has 1 amide bonds. The molecular weight excluding hydrogens is 324 g/mol. The summed E-state index contributed by atoms with van der Waals surface area (Å²) in [6, 6.07) is 0. The van der Waals surface area contributed by atoms with Crippen molar-refractivity contribution in [1.82, 2.24) is 30.7 Å². The highest BCUT2D eigenvalue weighted by molar-refractivity contribution is 5.97. The third-order valence-electron chi connectivity index (χ3n) is 3.09. The first-order valence-corrected chi connectivity index (χ1v) is 7.48. The summed E-state index contributed by atoms with van der Waals surface area (Å²) < 4.78 is 5.79. The van der Waals surface area contributed by atoms with Crippen LogP contribution in [0, 0.1) is 6.92 Å². The van der Waals surface area contributed by atoms with Crippen LogP contribution in [-0.4, -0.2) is 36.9 Å². The molecule has 0 radical (unpaired) electrons. The van der Waals surface area contributed by atoms with E-state index in [1.54, 1.807) is 13.8 Å². The number of nitrogen functional groups attached to an aromatic ring is 1. The van der Waals surface area contributed by atoms with Gasteiger partial charge in [0.1, 0.15) is 0 Å². The van der Waals surface area contributed by atoms with E-state index < -0.39 is 5.91 Å². The van der Waals surface area contributed by atoms with Crippen LogP contribution in [0.5, 0.6) is 0 Å². The Kier molecular flexibility index (Phi) is 5.42. The van der Waals surface area contributed by atoms with Crippen molar-refractivity contribution in [2.45, 2.75) is 34.6 Å². The fraction of sp³-hybridized carbons (Fsp3) is 0.333. The minimum absolute atomic E-state index is 0.0497. The van der Waals surface area contributed by atoms with Gasteiger partial charge in [-0.1, -0.05) is 16.9 Å². The molecule has 2 rings (SSSR count). The second kappa shape index (κ2) is 7.51. The lowest BCUT2D eigenvalue weighted by atomic mass is 10.2. The average molecular weight is 344 g/mol. The molecule has 10 nitrogen and oxygen atoms in total. The number of hydrogen-bond acceptors (Lipinski definition) is 8. The molecule has 10 heteroatoms. The smallest absolute Gasteiger partial charge is 0.293 e. The zero-order valence-electron chi connectivity index (χ0n) is 14.7. The Hall–Kier alpha value is -3.30. The third kappa shape index (κ3) is 4.37. The van der Waals surface area contributed by atoms with Crippen molar-refractivity contribution in [3.63, 3.8) is 0 Å². The van der Waals surface area contributed by atoms with Crippen LogP contribution in [0.15, 0.2) is 33.0 Å². The molecule has 0 unspecified atom stereocenters. The maximum Gasteiger partial charge on any atom is 0.293 e. The highest BCUT2D eigenvalue weighted by atomic mass is 16.6. The molecule has 2 heterocycles. The first-order valence-electron chi connectivity index (χ1n) is 7.48. The van der Waals surface area contributed by atoms with Gasteiger partial charge in [-0.25, -0.2) is 10.1 Å². The van der Waals surface area contributed by atoms with Crippen molar-refractivity contribution in [2.75, 3.05) is 5.73 Å². The number of rotatable bonds is 5. The van der Waals surface area contributed by atoms with E-state index in [2.05, 4.69) is 35.8 Å². The summed E-state index contributed by atoms with van der Waals surface area (Å²) in [4.78, 5) is 12.2. The van der Waals surface area contributed by atoms with Gasteiger partial charge < -0.3 is 5.73 Å². The van der Waals surface area contributed by atoms with Crippen LogP contribution < -0.4 is 11.2 Å². The van der Waals surface area contributed by atoms with Crippen LogP contribution in [0.3, 0.4) is 0 Å². The quantitative estimate of drug-likeness (QED) is 0.477. The Morgan fingerprint density at radius 3 is 2.56 bits per heavy atom. The molecule has 132 valence electrons. The molecule has 0 aliphatic carbocycles. The molecule has 0 aliphatic rings. The van der Waals surface area contributed by atoms with Crippen LogP contribution >= 0.6 is 0 Å². The van der Waals surface area contributed by atoms with Crippen LogP contribution in [0.25, 0.3) is 5.82 Å². The van der Waals surface area contributed by atoms with Gasteiger partial charge in [0.25, 0.3) is 5.91 Å². The van der Waals surface area contributed by atoms with Crippen molar-refractivity contribution in [2.24, 2.45) is 5.10 Å². The maximum absolute atomic E-state index is 12.2. The fourth-order valence-electron chi connectivity index (χ4n) is 2.13. The number of hydrogen-bond donors (Lipinski definition) is 2. The summed E-state index contributed by atoms with van der Waals surface area (Å²) in [5.74, 6) is -0.274. The van der Waals surface area contributed by atoms with E-state index in [9.17, 15) is 4.79 Å². The SMILES string of the molecule is CC(C)=CC(C)=CC(C)=NNC(=O)c1nnn(-c2nonc2N)c1C. The lowest BCUT2D eigenvalue weighted by Crippen LogP contribution is -2.20. The normalized spacial score (nSPS) is 12.2. The molecule has 0 saturated carbocycles. The zero-order chi connectivity index (χ0) is 18.6. The standard InChI is InChI=1S/C15H20N8O2/c1-8(2)6-9(3)7-10(4)17-19-15(24)12-11(5)23(22-18-12)14-13(16)20-25-21-14/h6-7H,1-5H3,(H2,16,20)(H,19,24). The van der Waals surface area contributed by atoms with Crippen LogP contribution in [-0.2, 0) is 0 Å². The van der Waals surface area contributed by atoms with Gasteiger partial charge in [0.05, 0.1) is 11.4 Å². The van der Waals surface area contributed by atoms with Crippen molar-refractivity contribution in [3.05, 3.63) is 34.7 Å². The lowest BCUT2D eigenvalue weighted by Gasteiger charge is -2.00. The predicted octanol–water partition coefficient (Wildman–Crippen LogP) is 1.56. The molecule has 0 spiro atoms. The number of nitrogens with two attached hydrogens (primary N) is 1. The fourth-order valence-corrected chi connectivity index (χ4v) is 2.13. The Bertz CT molecular complexity index is 868. The van der Waals surface area contributed by atoms with Crippen molar-refractivity contribution >= 4 is 17.4 Å². The van der Waals surface area contributed by atoms with E-state index in [1.807, 2.05) is 32.9 Å². The molecule has 0 aliphatic heterocycles. The van der Waals surface area contributed by atoms with Crippen LogP contribution in [0.4, 0.5) is 5.82 Å². The molecule has 0 aromatic carbocycles. The maximum atomic E-state index is 12.2. The molecule has 3 N–H and O–H groups in total. The summed E-state index contributed by atoms with van der Waals surface area (Å²) in [7, 11) is 0. The van der Waals surface area contributed by atoms with E-state index in [4.69, 9.17) is 5.73 Å². The molecular formula is C15H20N8O2. The summed E-state index contributed by atoms with van der Waals surface area (Å²) in [5, 5.41) is 18.8. The molecule has 0 atom stereocenters. The highest BCUT2D eigenvalue weighted by Crippen LogP contribution is 2.14. The Morgan fingerprint density at radius 2 is 1.96 bits per heavy atom. The Labute approximate surface area is 144 Å². The van der Waals surface area contributed by atoms with E-state index in [0.29, 0.717) is 11.4 Å².